The number of hydrazine groups is 1. The molecule has 0 aliphatic carbocycles. The molecule has 1 aliphatic heterocycles. The minimum absolute atomic E-state index is 0.142. The Morgan fingerprint density at radius 2 is 2.00 bits per heavy atom. The van der Waals surface area contributed by atoms with Crippen LogP contribution in [0.5, 0.6) is 0 Å². The number of nitrogens with two attached hydrogens (primary N) is 1. The molecule has 0 bridgehead atoms. The van der Waals surface area contributed by atoms with Crippen LogP contribution < -0.4 is 11.3 Å². The summed E-state index contributed by atoms with van der Waals surface area (Å²) in [5.41, 5.74) is 4.88. The van der Waals surface area contributed by atoms with Crippen LogP contribution in [0.2, 0.25) is 0 Å². The molecule has 2 rings (SSSR count). The minimum Gasteiger partial charge on any atom is -0.299 e. The lowest BCUT2D eigenvalue weighted by molar-refractivity contribution is -0.120. The summed E-state index contributed by atoms with van der Waals surface area (Å²) in [6, 6.07) is 8.15. The number of likely N-dealkylation sites (tertiary alicyclic amines) is 1. The lowest BCUT2D eigenvalue weighted by atomic mass is 9.80. The van der Waals surface area contributed by atoms with E-state index in [0.29, 0.717) is 11.8 Å². The number of carbonyl (C=O) groups excluding carboxylic acids is 1. The van der Waals surface area contributed by atoms with Crippen LogP contribution in [0.15, 0.2) is 24.3 Å². The Labute approximate surface area is 127 Å². The van der Waals surface area contributed by atoms with E-state index in [0.717, 1.165) is 31.1 Å². The Kier molecular flexibility index (Phi) is 5.01. The predicted molar refractivity (Wildman–Crippen MR) is 85.3 cm³/mol. The van der Waals surface area contributed by atoms with Crippen LogP contribution in [-0.2, 0) is 17.8 Å². The Hall–Kier alpha value is -1.39. The summed E-state index contributed by atoms with van der Waals surface area (Å²) in [4.78, 5) is 14.0. The second-order valence-electron chi connectivity index (χ2n) is 7.10. The van der Waals surface area contributed by atoms with Gasteiger partial charge in [0, 0.05) is 13.1 Å². The maximum atomic E-state index is 11.5. The average Bonchev–Trinajstić information content (AvgIpc) is 2.89. The van der Waals surface area contributed by atoms with Gasteiger partial charge in [-0.3, -0.25) is 15.1 Å². The van der Waals surface area contributed by atoms with Gasteiger partial charge >= 0.3 is 0 Å². The van der Waals surface area contributed by atoms with Crippen molar-refractivity contribution in [1.82, 2.24) is 10.3 Å². The fraction of sp³-hybridized carbons (Fsp3) is 0.588. The molecule has 1 amide bonds. The van der Waals surface area contributed by atoms with Gasteiger partial charge in [0.05, 0.1) is 6.42 Å². The largest absolute Gasteiger partial charge is 0.299 e. The lowest BCUT2D eigenvalue weighted by Crippen LogP contribution is -2.32. The fourth-order valence-electron chi connectivity index (χ4n) is 3.03. The van der Waals surface area contributed by atoms with Crippen molar-refractivity contribution in [3.05, 3.63) is 35.4 Å². The van der Waals surface area contributed by atoms with Gasteiger partial charge in [-0.25, -0.2) is 5.84 Å². The molecule has 4 nitrogen and oxygen atoms in total. The van der Waals surface area contributed by atoms with E-state index in [1.807, 2.05) is 18.2 Å². The molecular weight excluding hydrogens is 262 g/mol. The molecule has 21 heavy (non-hydrogen) atoms. The van der Waals surface area contributed by atoms with Gasteiger partial charge in [0.2, 0.25) is 5.91 Å². The topological polar surface area (TPSA) is 58.4 Å². The smallest absolute Gasteiger partial charge is 0.238 e. The standard InChI is InChI=1S/C17H27N3O/c1-17(2,3)15-8-9-20(12-15)11-14-7-5-4-6-13(14)10-16(21)19-18/h4-7,15H,8-12,18H2,1-3H3,(H,19,21). The Morgan fingerprint density at radius 1 is 1.33 bits per heavy atom. The molecule has 1 unspecified atom stereocenters. The number of rotatable bonds is 4. The highest BCUT2D eigenvalue weighted by Gasteiger charge is 2.31. The molecule has 1 atom stereocenters. The van der Waals surface area contributed by atoms with Crippen molar-refractivity contribution >= 4 is 5.91 Å². The molecule has 116 valence electrons. The van der Waals surface area contributed by atoms with E-state index in [1.54, 1.807) is 0 Å². The van der Waals surface area contributed by atoms with Crippen molar-refractivity contribution in [3.8, 4) is 0 Å². The highest BCUT2D eigenvalue weighted by Crippen LogP contribution is 2.34. The van der Waals surface area contributed by atoms with Crippen LogP contribution in [0.1, 0.15) is 38.3 Å². The third-order valence-electron chi connectivity index (χ3n) is 4.52. The van der Waals surface area contributed by atoms with Crippen molar-refractivity contribution in [2.24, 2.45) is 17.2 Å². The number of amides is 1. The first kappa shape index (κ1) is 16.0. The molecule has 1 fully saturated rings. The summed E-state index contributed by atoms with van der Waals surface area (Å²) >= 11 is 0. The summed E-state index contributed by atoms with van der Waals surface area (Å²) in [5.74, 6) is 5.79. The molecule has 1 aliphatic rings. The van der Waals surface area contributed by atoms with Gasteiger partial charge in [-0.05, 0) is 35.4 Å². The first-order valence-electron chi connectivity index (χ1n) is 7.68. The first-order valence-corrected chi connectivity index (χ1v) is 7.68. The number of carbonyl (C=O) groups is 1. The first-order chi connectivity index (χ1) is 9.90. The molecule has 0 aromatic heterocycles. The quantitative estimate of drug-likeness (QED) is 0.507. The van der Waals surface area contributed by atoms with Crippen LogP contribution in [-0.4, -0.2) is 23.9 Å². The van der Waals surface area contributed by atoms with Crippen LogP contribution in [0.25, 0.3) is 0 Å². The van der Waals surface area contributed by atoms with E-state index in [4.69, 9.17) is 5.84 Å². The van der Waals surface area contributed by atoms with Gasteiger partial charge in [0.15, 0.2) is 0 Å². The van der Waals surface area contributed by atoms with Gasteiger partial charge in [-0.2, -0.15) is 0 Å². The highest BCUT2D eigenvalue weighted by atomic mass is 16.2. The molecule has 1 saturated heterocycles. The van der Waals surface area contributed by atoms with Gasteiger partial charge in [0.25, 0.3) is 0 Å². The number of hydrogen-bond donors (Lipinski definition) is 2. The SMILES string of the molecule is CC(C)(C)C1CCN(Cc2ccccc2CC(=O)NN)C1. The van der Waals surface area contributed by atoms with E-state index in [1.165, 1.54) is 12.0 Å². The lowest BCUT2D eigenvalue weighted by Gasteiger charge is -2.27. The maximum Gasteiger partial charge on any atom is 0.238 e. The van der Waals surface area contributed by atoms with Crippen molar-refractivity contribution < 1.29 is 4.79 Å². The molecule has 0 saturated carbocycles. The monoisotopic (exact) mass is 289 g/mol. The van der Waals surface area contributed by atoms with Crippen molar-refractivity contribution in [2.45, 2.75) is 40.2 Å². The van der Waals surface area contributed by atoms with Crippen LogP contribution >= 0.6 is 0 Å². The Morgan fingerprint density at radius 3 is 2.57 bits per heavy atom. The van der Waals surface area contributed by atoms with Gasteiger partial charge in [0.1, 0.15) is 0 Å². The van der Waals surface area contributed by atoms with Crippen molar-refractivity contribution in [2.75, 3.05) is 13.1 Å². The predicted octanol–water partition coefficient (Wildman–Crippen LogP) is 2.09. The second-order valence-corrected chi connectivity index (χ2v) is 7.10. The van der Waals surface area contributed by atoms with Crippen LogP contribution in [0.4, 0.5) is 0 Å². The fourth-order valence-corrected chi connectivity index (χ4v) is 3.03. The Bertz CT molecular complexity index is 493. The van der Waals surface area contributed by atoms with E-state index in [-0.39, 0.29) is 5.91 Å². The molecule has 0 radical (unpaired) electrons. The summed E-state index contributed by atoms with van der Waals surface area (Å²) in [6.45, 7) is 10.2. The maximum absolute atomic E-state index is 11.5. The molecule has 1 heterocycles. The molecule has 3 N–H and O–H groups in total. The van der Waals surface area contributed by atoms with E-state index in [2.05, 4.69) is 37.2 Å². The highest BCUT2D eigenvalue weighted by molar-refractivity contribution is 5.78. The average molecular weight is 289 g/mol. The third-order valence-corrected chi connectivity index (χ3v) is 4.52. The van der Waals surface area contributed by atoms with Gasteiger partial charge < -0.3 is 0 Å². The third kappa shape index (κ3) is 4.29. The van der Waals surface area contributed by atoms with Crippen LogP contribution in [0, 0.1) is 11.3 Å². The molecule has 0 spiro atoms. The van der Waals surface area contributed by atoms with Gasteiger partial charge in [-0.1, -0.05) is 45.0 Å². The Balaban J connectivity index is 2.02. The normalized spacial score (nSPS) is 19.7. The minimum atomic E-state index is -0.142. The zero-order chi connectivity index (χ0) is 15.5. The number of nitrogens with zero attached hydrogens (tertiary/aromatic N) is 1. The van der Waals surface area contributed by atoms with Crippen LogP contribution in [0.3, 0.4) is 0 Å². The number of benzene rings is 1. The van der Waals surface area contributed by atoms with E-state index in [9.17, 15) is 4.79 Å². The summed E-state index contributed by atoms with van der Waals surface area (Å²) in [7, 11) is 0. The molecular formula is C17H27N3O. The van der Waals surface area contributed by atoms with Crippen molar-refractivity contribution in [1.29, 1.82) is 0 Å². The zero-order valence-electron chi connectivity index (χ0n) is 13.4. The van der Waals surface area contributed by atoms with Crippen molar-refractivity contribution in [3.63, 3.8) is 0 Å². The van der Waals surface area contributed by atoms with E-state index < -0.39 is 0 Å². The summed E-state index contributed by atoms with van der Waals surface area (Å²) < 4.78 is 0. The molecule has 1 aromatic rings. The second kappa shape index (κ2) is 6.58. The summed E-state index contributed by atoms with van der Waals surface area (Å²) in [5, 5.41) is 0. The molecule has 4 heteroatoms. The number of nitrogens with one attached hydrogen (secondary N) is 1. The van der Waals surface area contributed by atoms with Gasteiger partial charge in [-0.15, -0.1) is 0 Å². The molecule has 1 aromatic carbocycles. The summed E-state index contributed by atoms with van der Waals surface area (Å²) in [6.07, 6.45) is 1.61. The van der Waals surface area contributed by atoms with E-state index >= 15 is 0 Å². The number of hydrogen-bond acceptors (Lipinski definition) is 3. The zero-order valence-corrected chi connectivity index (χ0v) is 13.4.